The van der Waals surface area contributed by atoms with Gasteiger partial charge in [-0.15, -0.1) is 11.6 Å². The fourth-order valence-corrected chi connectivity index (χ4v) is 8.03. The van der Waals surface area contributed by atoms with Gasteiger partial charge in [0.15, 0.2) is 22.9 Å². The first-order chi connectivity index (χ1) is 15.3. The summed E-state index contributed by atoms with van der Waals surface area (Å²) in [4.78, 5) is 37.7. The number of esters is 1. The van der Waals surface area contributed by atoms with Gasteiger partial charge in [-0.1, -0.05) is 26.8 Å². The van der Waals surface area contributed by atoms with Crippen LogP contribution in [0.25, 0.3) is 0 Å². The van der Waals surface area contributed by atoms with Crippen molar-refractivity contribution >= 4 is 29.1 Å². The molecule has 4 aliphatic carbocycles. The molecule has 0 radical (unpaired) electrons. The number of ether oxygens (including phenoxy) is 1. The van der Waals surface area contributed by atoms with E-state index in [-0.39, 0.29) is 37.1 Å². The lowest BCUT2D eigenvalue weighted by atomic mass is 9.44. The zero-order chi connectivity index (χ0) is 24.6. The number of hydrogen-bond donors (Lipinski definition) is 1. The van der Waals surface area contributed by atoms with E-state index in [2.05, 4.69) is 0 Å². The van der Waals surface area contributed by atoms with E-state index in [0.717, 1.165) is 6.08 Å². The monoisotopic (exact) mass is 484 g/mol. The topological polar surface area (TPSA) is 80.7 Å². The summed E-state index contributed by atoms with van der Waals surface area (Å²) >= 11 is 5.98. The molecule has 0 saturated heterocycles. The second-order valence-corrected chi connectivity index (χ2v) is 10.9. The number of carbonyl (C=O) groups excluding carboxylic acids is 3. The van der Waals surface area contributed by atoms with Crippen molar-refractivity contribution < 1.29 is 33.0 Å². The quantitative estimate of drug-likeness (QED) is 0.472. The predicted octanol–water partition coefficient (Wildman–Crippen LogP) is 4.40. The summed E-state index contributed by atoms with van der Waals surface area (Å²) in [6, 6.07) is 0. The molecule has 5 nitrogen and oxygen atoms in total. The zero-order valence-electron chi connectivity index (χ0n) is 19.4. The van der Waals surface area contributed by atoms with Crippen LogP contribution in [0.5, 0.6) is 0 Å². The fourth-order valence-electron chi connectivity index (χ4n) is 7.83. The summed E-state index contributed by atoms with van der Waals surface area (Å²) < 4.78 is 37.9. The van der Waals surface area contributed by atoms with Crippen molar-refractivity contribution in [3.05, 3.63) is 23.6 Å². The Labute approximate surface area is 197 Å². The van der Waals surface area contributed by atoms with Crippen LogP contribution in [-0.2, 0) is 19.1 Å². The lowest BCUT2D eigenvalue weighted by molar-refractivity contribution is -0.227. The molecule has 0 unspecified atom stereocenters. The molecule has 4 aliphatic rings. The van der Waals surface area contributed by atoms with Crippen LogP contribution >= 0.6 is 11.6 Å². The number of rotatable bonds is 4. The molecule has 3 saturated carbocycles. The molecule has 4 rings (SSSR count). The molecule has 0 heterocycles. The standard InChI is InChI=1S/C25H31ClF2O5/c1-5-20(32)33-25(19(31)12-26)13(2)10-16-14-6-7-15-21(27)17(29)8-9-22(15,3)24(14,28)18(30)11-23(16,25)4/h8-9,13-14,16,18,30H,5-7,10-12H2,1-4H3/t13-,14+,16+,18+,22+,23+,24+,25+/m1/s1. The Kier molecular flexibility index (Phi) is 5.73. The normalized spacial score (nSPS) is 46.5. The number of carbonyl (C=O) groups is 3. The van der Waals surface area contributed by atoms with Crippen LogP contribution in [0.4, 0.5) is 8.78 Å². The number of aliphatic hydroxyl groups excluding tert-OH is 1. The summed E-state index contributed by atoms with van der Waals surface area (Å²) in [6.07, 6.45) is 1.57. The highest BCUT2D eigenvalue weighted by atomic mass is 35.5. The second kappa shape index (κ2) is 7.70. The number of aliphatic hydroxyl groups is 1. The van der Waals surface area contributed by atoms with Gasteiger partial charge in [0.25, 0.3) is 0 Å². The highest BCUT2D eigenvalue weighted by Crippen LogP contribution is 2.71. The van der Waals surface area contributed by atoms with Crippen LogP contribution in [0.2, 0.25) is 0 Å². The highest BCUT2D eigenvalue weighted by molar-refractivity contribution is 6.29. The van der Waals surface area contributed by atoms with Crippen LogP contribution in [0, 0.1) is 28.6 Å². The first kappa shape index (κ1) is 24.5. The third kappa shape index (κ3) is 2.81. The van der Waals surface area contributed by atoms with Crippen molar-refractivity contribution in [1.82, 2.24) is 0 Å². The minimum atomic E-state index is -2.24. The second-order valence-electron chi connectivity index (χ2n) is 10.6. The SMILES string of the molecule is CCC(=O)O[C@]1(C(=O)CCl)[C@H](C)C[C@H]2[C@@H]3CCC4=C(F)C(=O)C=C[C@]4(C)[C@@]3(F)[C@@H](O)C[C@@]21C. The third-order valence-electron chi connectivity index (χ3n) is 9.37. The Hall–Kier alpha value is -1.60. The van der Waals surface area contributed by atoms with Gasteiger partial charge in [-0.3, -0.25) is 14.4 Å². The van der Waals surface area contributed by atoms with Crippen molar-refractivity contribution in [1.29, 1.82) is 0 Å². The molecule has 3 fully saturated rings. The molecule has 0 aromatic heterocycles. The Morgan fingerprint density at radius 2 is 1.97 bits per heavy atom. The van der Waals surface area contributed by atoms with E-state index in [1.54, 1.807) is 20.8 Å². The molecular weight excluding hydrogens is 454 g/mol. The van der Waals surface area contributed by atoms with Gasteiger partial charge in [0.2, 0.25) is 5.78 Å². The van der Waals surface area contributed by atoms with Gasteiger partial charge in [-0.05, 0) is 50.2 Å². The van der Waals surface area contributed by atoms with E-state index < -0.39 is 69.3 Å². The molecule has 0 spiro atoms. The van der Waals surface area contributed by atoms with Crippen LogP contribution in [0.1, 0.15) is 59.8 Å². The van der Waals surface area contributed by atoms with Crippen molar-refractivity contribution in [3.63, 3.8) is 0 Å². The van der Waals surface area contributed by atoms with Crippen molar-refractivity contribution in [2.75, 3.05) is 5.88 Å². The molecule has 0 aromatic carbocycles. The maximum Gasteiger partial charge on any atom is 0.306 e. The van der Waals surface area contributed by atoms with E-state index in [1.165, 1.54) is 13.0 Å². The van der Waals surface area contributed by atoms with Crippen LogP contribution in [0.3, 0.4) is 0 Å². The van der Waals surface area contributed by atoms with Crippen molar-refractivity contribution in [2.24, 2.45) is 28.6 Å². The van der Waals surface area contributed by atoms with E-state index in [1.807, 2.05) is 0 Å². The smallest absolute Gasteiger partial charge is 0.306 e. The van der Waals surface area contributed by atoms with E-state index in [9.17, 15) is 23.9 Å². The minimum absolute atomic E-state index is 0.0636. The number of alkyl halides is 2. The maximum atomic E-state index is 17.2. The lowest BCUT2D eigenvalue weighted by Crippen LogP contribution is -2.70. The zero-order valence-corrected chi connectivity index (χ0v) is 20.2. The van der Waals surface area contributed by atoms with E-state index >= 15 is 4.39 Å². The molecule has 182 valence electrons. The molecule has 0 bridgehead atoms. The minimum Gasteiger partial charge on any atom is -0.450 e. The summed E-state index contributed by atoms with van der Waals surface area (Å²) in [5.41, 5.74) is -6.26. The van der Waals surface area contributed by atoms with E-state index in [0.29, 0.717) is 6.42 Å². The van der Waals surface area contributed by atoms with Gasteiger partial charge in [0.05, 0.1) is 12.0 Å². The Bertz CT molecular complexity index is 978. The summed E-state index contributed by atoms with van der Waals surface area (Å²) in [6.45, 7) is 6.75. The van der Waals surface area contributed by atoms with E-state index in [4.69, 9.17) is 16.3 Å². The largest absolute Gasteiger partial charge is 0.450 e. The predicted molar refractivity (Wildman–Crippen MR) is 118 cm³/mol. The number of Topliss-reactive ketones (excluding diaryl/α,β-unsaturated/α-hetero) is 1. The summed E-state index contributed by atoms with van der Waals surface area (Å²) in [5, 5.41) is 11.4. The summed E-state index contributed by atoms with van der Waals surface area (Å²) in [7, 11) is 0. The van der Waals surface area contributed by atoms with Gasteiger partial charge in [0.1, 0.15) is 0 Å². The Morgan fingerprint density at radius 3 is 2.58 bits per heavy atom. The number of ketones is 2. The van der Waals surface area contributed by atoms with Crippen molar-refractivity contribution in [3.8, 4) is 0 Å². The van der Waals surface area contributed by atoms with Crippen LogP contribution in [0.15, 0.2) is 23.6 Å². The molecule has 8 heteroatoms. The van der Waals surface area contributed by atoms with Gasteiger partial charge in [0, 0.05) is 29.1 Å². The van der Waals surface area contributed by atoms with Gasteiger partial charge in [-0.25, -0.2) is 8.78 Å². The number of allylic oxidation sites excluding steroid dienone is 4. The fraction of sp³-hybridized carbons (Fsp3) is 0.720. The molecule has 0 aromatic rings. The molecule has 1 N–H and O–H groups in total. The Balaban J connectivity index is 1.87. The first-order valence-corrected chi connectivity index (χ1v) is 12.2. The van der Waals surface area contributed by atoms with Crippen LogP contribution < -0.4 is 0 Å². The van der Waals surface area contributed by atoms with Gasteiger partial charge < -0.3 is 9.84 Å². The molecule has 33 heavy (non-hydrogen) atoms. The lowest BCUT2D eigenvalue weighted by Gasteiger charge is -2.62. The third-order valence-corrected chi connectivity index (χ3v) is 9.62. The molecule has 0 amide bonds. The molecule has 8 atom stereocenters. The van der Waals surface area contributed by atoms with Gasteiger partial charge in [-0.2, -0.15) is 0 Å². The molecule has 0 aliphatic heterocycles. The number of fused-ring (bicyclic) bond motifs is 5. The highest BCUT2D eigenvalue weighted by Gasteiger charge is 2.77. The average Bonchev–Trinajstić information content (AvgIpc) is 2.99. The van der Waals surface area contributed by atoms with Crippen LogP contribution in [-0.4, -0.2) is 45.9 Å². The Morgan fingerprint density at radius 1 is 1.30 bits per heavy atom. The van der Waals surface area contributed by atoms with Gasteiger partial charge >= 0.3 is 5.97 Å². The number of halogens is 3. The van der Waals surface area contributed by atoms with Crippen molar-refractivity contribution in [2.45, 2.75) is 77.2 Å². The maximum absolute atomic E-state index is 17.2. The molecular formula is C25H31ClF2O5. The first-order valence-electron chi connectivity index (χ1n) is 11.7. The summed E-state index contributed by atoms with van der Waals surface area (Å²) in [5.74, 6) is -4.67. The average molecular weight is 485 g/mol. The number of hydrogen-bond acceptors (Lipinski definition) is 5.